The first-order valence-electron chi connectivity index (χ1n) is 5.96. The lowest BCUT2D eigenvalue weighted by molar-refractivity contribution is -0.143. The Kier molecular flexibility index (Phi) is 6.05. The zero-order valence-electron chi connectivity index (χ0n) is 11.1. The largest absolute Gasteiger partial charge is 0.480 e. The van der Waals surface area contributed by atoms with Crippen molar-refractivity contribution in [1.82, 2.24) is 4.90 Å². The van der Waals surface area contributed by atoms with E-state index >= 15 is 0 Å². The normalized spacial score (nSPS) is 11.1. The lowest BCUT2D eigenvalue weighted by Gasteiger charge is -2.23. The summed E-state index contributed by atoms with van der Waals surface area (Å²) in [6.07, 6.45) is 2.89. The van der Waals surface area contributed by atoms with E-state index in [1.807, 2.05) is 0 Å². The van der Waals surface area contributed by atoms with E-state index in [9.17, 15) is 9.59 Å². The molecule has 0 spiro atoms. The Morgan fingerprint density at radius 3 is 2.45 bits per heavy atom. The van der Waals surface area contributed by atoms with Crippen molar-refractivity contribution in [1.29, 1.82) is 0 Å². The van der Waals surface area contributed by atoms with Crippen LogP contribution in [-0.4, -0.2) is 34.5 Å². The molecule has 0 aliphatic carbocycles. The summed E-state index contributed by atoms with van der Waals surface area (Å²) < 4.78 is 0. The van der Waals surface area contributed by atoms with E-state index in [-0.39, 0.29) is 18.5 Å². The third kappa shape index (κ3) is 4.87. The van der Waals surface area contributed by atoms with Crippen LogP contribution in [0.25, 0.3) is 6.08 Å². The quantitative estimate of drug-likeness (QED) is 0.848. The molecule has 0 saturated carbocycles. The van der Waals surface area contributed by atoms with E-state index < -0.39 is 5.97 Å². The fourth-order valence-corrected chi connectivity index (χ4v) is 1.85. The lowest BCUT2D eigenvalue weighted by atomic mass is 10.2. The number of hydrogen-bond acceptors (Lipinski definition) is 2. The van der Waals surface area contributed by atoms with Gasteiger partial charge in [-0.15, -0.1) is 0 Å². The van der Waals surface area contributed by atoms with Crippen LogP contribution in [-0.2, 0) is 9.59 Å². The van der Waals surface area contributed by atoms with Gasteiger partial charge in [0.15, 0.2) is 0 Å². The molecule has 0 atom stereocenters. The van der Waals surface area contributed by atoms with Crippen molar-refractivity contribution in [2.45, 2.75) is 19.9 Å². The summed E-state index contributed by atoms with van der Waals surface area (Å²) >= 11 is 11.7. The molecule has 1 N–H and O–H groups in total. The first-order valence-corrected chi connectivity index (χ1v) is 6.72. The Bertz CT molecular complexity index is 541. The van der Waals surface area contributed by atoms with Crippen LogP contribution in [0, 0.1) is 0 Å². The van der Waals surface area contributed by atoms with Gasteiger partial charge in [0.1, 0.15) is 6.54 Å². The van der Waals surface area contributed by atoms with E-state index in [0.717, 1.165) is 0 Å². The zero-order valence-corrected chi connectivity index (χ0v) is 12.6. The van der Waals surface area contributed by atoms with E-state index in [1.165, 1.54) is 11.0 Å². The molecule has 0 aromatic heterocycles. The van der Waals surface area contributed by atoms with Crippen molar-refractivity contribution in [3.63, 3.8) is 0 Å². The summed E-state index contributed by atoms with van der Waals surface area (Å²) in [6, 6.07) is 4.78. The fourth-order valence-electron chi connectivity index (χ4n) is 1.54. The van der Waals surface area contributed by atoms with Gasteiger partial charge in [0.25, 0.3) is 0 Å². The standard InChI is InChI=1S/C14H15Cl2NO3/c1-9(2)17(8-14(19)20)13(18)6-4-10-3-5-11(15)12(16)7-10/h3-7,9H,8H2,1-2H3,(H,19,20)/b6-4+. The maximum Gasteiger partial charge on any atom is 0.323 e. The van der Waals surface area contributed by atoms with Gasteiger partial charge in [-0.1, -0.05) is 29.3 Å². The molecular formula is C14H15Cl2NO3. The molecule has 0 aliphatic rings. The second kappa shape index (κ2) is 7.31. The van der Waals surface area contributed by atoms with Crippen LogP contribution in [0.2, 0.25) is 10.0 Å². The molecule has 0 unspecified atom stereocenters. The SMILES string of the molecule is CC(C)N(CC(=O)O)C(=O)/C=C/c1ccc(Cl)c(Cl)c1. The Labute approximate surface area is 127 Å². The van der Waals surface area contributed by atoms with Gasteiger partial charge in [0.05, 0.1) is 10.0 Å². The van der Waals surface area contributed by atoms with E-state index in [2.05, 4.69) is 0 Å². The molecule has 20 heavy (non-hydrogen) atoms. The topological polar surface area (TPSA) is 57.6 Å². The van der Waals surface area contributed by atoms with Gasteiger partial charge in [-0.05, 0) is 37.6 Å². The molecule has 0 aliphatic heterocycles. The summed E-state index contributed by atoms with van der Waals surface area (Å²) in [7, 11) is 0. The third-order valence-electron chi connectivity index (χ3n) is 2.57. The highest BCUT2D eigenvalue weighted by molar-refractivity contribution is 6.42. The van der Waals surface area contributed by atoms with Crippen LogP contribution in [0.4, 0.5) is 0 Å². The minimum atomic E-state index is -1.05. The molecular weight excluding hydrogens is 301 g/mol. The van der Waals surface area contributed by atoms with Crippen molar-refractivity contribution in [2.75, 3.05) is 6.54 Å². The third-order valence-corrected chi connectivity index (χ3v) is 3.31. The number of nitrogens with zero attached hydrogens (tertiary/aromatic N) is 1. The van der Waals surface area contributed by atoms with Crippen LogP contribution in [0.3, 0.4) is 0 Å². The van der Waals surface area contributed by atoms with Crippen LogP contribution in [0.5, 0.6) is 0 Å². The van der Waals surface area contributed by atoms with Crippen LogP contribution >= 0.6 is 23.2 Å². The highest BCUT2D eigenvalue weighted by Crippen LogP contribution is 2.23. The smallest absolute Gasteiger partial charge is 0.323 e. The summed E-state index contributed by atoms with van der Waals surface area (Å²) in [5.74, 6) is -1.41. The Morgan fingerprint density at radius 2 is 1.95 bits per heavy atom. The molecule has 0 bridgehead atoms. The maximum absolute atomic E-state index is 12.0. The van der Waals surface area contributed by atoms with Gasteiger partial charge in [0, 0.05) is 12.1 Å². The monoisotopic (exact) mass is 315 g/mol. The molecule has 0 heterocycles. The minimum Gasteiger partial charge on any atom is -0.480 e. The highest BCUT2D eigenvalue weighted by atomic mass is 35.5. The van der Waals surface area contributed by atoms with Gasteiger partial charge in [-0.3, -0.25) is 9.59 Å². The molecule has 0 radical (unpaired) electrons. The predicted octanol–water partition coefficient (Wildman–Crippen LogP) is 3.33. The second-order valence-electron chi connectivity index (χ2n) is 4.46. The first-order chi connectivity index (χ1) is 9.31. The van der Waals surface area contributed by atoms with Crippen molar-refractivity contribution in [3.05, 3.63) is 39.9 Å². The van der Waals surface area contributed by atoms with E-state index in [0.29, 0.717) is 15.6 Å². The number of halogens is 2. The lowest BCUT2D eigenvalue weighted by Crippen LogP contribution is -2.39. The van der Waals surface area contributed by atoms with Gasteiger partial charge in [-0.2, -0.15) is 0 Å². The number of aliphatic carboxylic acids is 1. The Hall–Kier alpha value is -1.52. The van der Waals surface area contributed by atoms with Gasteiger partial charge in [-0.25, -0.2) is 0 Å². The molecule has 0 saturated heterocycles. The maximum atomic E-state index is 12.0. The van der Waals surface area contributed by atoms with Crippen LogP contribution in [0.15, 0.2) is 24.3 Å². The molecule has 1 rings (SSSR count). The van der Waals surface area contributed by atoms with Crippen LogP contribution in [0.1, 0.15) is 19.4 Å². The fraction of sp³-hybridized carbons (Fsp3) is 0.286. The van der Waals surface area contributed by atoms with Gasteiger partial charge >= 0.3 is 5.97 Å². The van der Waals surface area contributed by atoms with Crippen molar-refractivity contribution < 1.29 is 14.7 Å². The van der Waals surface area contributed by atoms with Crippen molar-refractivity contribution in [3.8, 4) is 0 Å². The average Bonchev–Trinajstić information content (AvgIpc) is 2.36. The first kappa shape index (κ1) is 16.5. The molecule has 1 aromatic rings. The Balaban J connectivity index is 2.83. The van der Waals surface area contributed by atoms with Gasteiger partial charge in [0.2, 0.25) is 5.91 Å². The summed E-state index contributed by atoms with van der Waals surface area (Å²) in [5.41, 5.74) is 0.715. The van der Waals surface area contributed by atoms with Crippen LogP contribution < -0.4 is 0 Å². The summed E-state index contributed by atoms with van der Waals surface area (Å²) in [5, 5.41) is 9.61. The Morgan fingerprint density at radius 1 is 1.30 bits per heavy atom. The summed E-state index contributed by atoms with van der Waals surface area (Å²) in [6.45, 7) is 3.18. The molecule has 6 heteroatoms. The number of carbonyl (C=O) groups is 2. The molecule has 1 amide bonds. The van der Waals surface area contributed by atoms with E-state index in [4.69, 9.17) is 28.3 Å². The molecule has 4 nitrogen and oxygen atoms in total. The predicted molar refractivity (Wildman–Crippen MR) is 80.0 cm³/mol. The number of amides is 1. The number of hydrogen-bond donors (Lipinski definition) is 1. The molecule has 0 fully saturated rings. The zero-order chi connectivity index (χ0) is 15.3. The number of benzene rings is 1. The number of rotatable bonds is 5. The molecule has 108 valence electrons. The van der Waals surface area contributed by atoms with Crippen molar-refractivity contribution >= 4 is 41.2 Å². The van der Waals surface area contributed by atoms with Gasteiger partial charge < -0.3 is 10.0 Å². The summed E-state index contributed by atoms with van der Waals surface area (Å²) in [4.78, 5) is 23.9. The molecule has 1 aromatic carbocycles. The number of carbonyl (C=O) groups excluding carboxylic acids is 1. The minimum absolute atomic E-state index is 0.197. The van der Waals surface area contributed by atoms with Crippen molar-refractivity contribution in [2.24, 2.45) is 0 Å². The number of carboxylic acid groups (broad SMARTS) is 1. The second-order valence-corrected chi connectivity index (χ2v) is 5.27. The number of carboxylic acids is 1. The highest BCUT2D eigenvalue weighted by Gasteiger charge is 2.17. The van der Waals surface area contributed by atoms with E-state index in [1.54, 1.807) is 38.1 Å². The average molecular weight is 316 g/mol.